The molecule has 0 amide bonds. The lowest BCUT2D eigenvalue weighted by molar-refractivity contribution is 0.0835. The molecular formula is C19H20FN3O2. The van der Waals surface area contributed by atoms with Crippen LogP contribution in [0.1, 0.15) is 35.8 Å². The summed E-state index contributed by atoms with van der Waals surface area (Å²) in [6.07, 6.45) is 5.44. The molecule has 0 aliphatic carbocycles. The van der Waals surface area contributed by atoms with E-state index in [9.17, 15) is 9.18 Å². The molecule has 1 saturated heterocycles. The van der Waals surface area contributed by atoms with Crippen LogP contribution in [-0.2, 0) is 11.3 Å². The first kappa shape index (κ1) is 16.0. The number of rotatable bonds is 3. The summed E-state index contributed by atoms with van der Waals surface area (Å²) >= 11 is 0. The number of fused-ring (bicyclic) bond motifs is 1. The Morgan fingerprint density at radius 2 is 2.12 bits per heavy atom. The maximum Gasteiger partial charge on any atom is 0.276 e. The smallest absolute Gasteiger partial charge is 0.276 e. The molecular weight excluding hydrogens is 321 g/mol. The Hall–Kier alpha value is -2.47. The van der Waals surface area contributed by atoms with Gasteiger partial charge in [-0.15, -0.1) is 0 Å². The minimum atomic E-state index is -0.296. The number of ether oxygens (including phenoxy) is 1. The van der Waals surface area contributed by atoms with E-state index in [1.165, 1.54) is 12.1 Å². The second-order valence-corrected chi connectivity index (χ2v) is 6.55. The van der Waals surface area contributed by atoms with Crippen molar-refractivity contribution in [1.29, 1.82) is 0 Å². The quantitative estimate of drug-likeness (QED) is 0.736. The van der Waals surface area contributed by atoms with E-state index in [0.717, 1.165) is 43.1 Å². The molecule has 0 N–H and O–H groups in total. The van der Waals surface area contributed by atoms with Gasteiger partial charge in [0.15, 0.2) is 0 Å². The monoisotopic (exact) mass is 341 g/mol. The van der Waals surface area contributed by atoms with Crippen molar-refractivity contribution < 1.29 is 9.13 Å². The van der Waals surface area contributed by atoms with Crippen LogP contribution in [0, 0.1) is 12.7 Å². The highest BCUT2D eigenvalue weighted by Crippen LogP contribution is 2.26. The normalized spacial score (nSPS) is 15.8. The fourth-order valence-electron chi connectivity index (χ4n) is 3.50. The maximum absolute atomic E-state index is 13.4. The summed E-state index contributed by atoms with van der Waals surface area (Å²) in [5.41, 5.74) is 2.05. The molecule has 0 unspecified atom stereocenters. The summed E-state index contributed by atoms with van der Waals surface area (Å²) in [4.78, 5) is 17.4. The highest BCUT2D eigenvalue weighted by molar-refractivity contribution is 5.45. The van der Waals surface area contributed by atoms with Crippen LogP contribution in [0.5, 0.6) is 0 Å². The number of hydrogen-bond donors (Lipinski definition) is 0. The Bertz CT molecular complexity index is 970. The van der Waals surface area contributed by atoms with Crippen molar-refractivity contribution in [1.82, 2.24) is 14.0 Å². The van der Waals surface area contributed by atoms with E-state index in [4.69, 9.17) is 4.74 Å². The van der Waals surface area contributed by atoms with Gasteiger partial charge in [-0.05, 0) is 37.5 Å². The van der Waals surface area contributed by atoms with Crippen LogP contribution in [0.15, 0.2) is 41.5 Å². The zero-order valence-corrected chi connectivity index (χ0v) is 14.1. The maximum atomic E-state index is 13.4. The summed E-state index contributed by atoms with van der Waals surface area (Å²) < 4.78 is 22.4. The number of halogens is 1. The molecule has 2 aromatic heterocycles. The predicted octanol–water partition coefficient (Wildman–Crippen LogP) is 2.89. The number of hydrogen-bond acceptors (Lipinski definition) is 3. The summed E-state index contributed by atoms with van der Waals surface area (Å²) in [7, 11) is 0. The summed E-state index contributed by atoms with van der Waals surface area (Å²) in [5, 5.41) is 0. The number of imidazole rings is 1. The van der Waals surface area contributed by atoms with Gasteiger partial charge in [0, 0.05) is 31.0 Å². The summed E-state index contributed by atoms with van der Waals surface area (Å²) in [6, 6.07) is 6.34. The molecule has 5 nitrogen and oxygen atoms in total. The molecule has 6 heteroatoms. The molecule has 0 saturated carbocycles. The van der Waals surface area contributed by atoms with Gasteiger partial charge in [-0.1, -0.05) is 12.1 Å². The van der Waals surface area contributed by atoms with Gasteiger partial charge in [0.2, 0.25) is 0 Å². The molecule has 0 radical (unpaired) electrons. The number of nitrogens with zero attached hydrogens (tertiary/aromatic N) is 3. The predicted molar refractivity (Wildman–Crippen MR) is 92.5 cm³/mol. The first-order valence-electron chi connectivity index (χ1n) is 8.53. The SMILES string of the molecule is Cc1cn2c(C3CCOCC3)ncc2c(=O)n1Cc1cccc(F)c1. The Labute approximate surface area is 144 Å². The van der Waals surface area contributed by atoms with Crippen LogP contribution in [0.4, 0.5) is 4.39 Å². The number of benzene rings is 1. The van der Waals surface area contributed by atoms with Gasteiger partial charge in [0.1, 0.15) is 17.2 Å². The standard InChI is InChI=1S/C19H20FN3O2/c1-13-11-23-17(10-21-18(23)15-5-7-25-8-6-15)19(24)22(13)12-14-3-2-4-16(20)9-14/h2-4,9-11,15H,5-8,12H2,1H3. The van der Waals surface area contributed by atoms with Gasteiger partial charge >= 0.3 is 0 Å². The van der Waals surface area contributed by atoms with Crippen molar-refractivity contribution in [2.24, 2.45) is 0 Å². The lowest BCUT2D eigenvalue weighted by Crippen LogP contribution is -2.25. The van der Waals surface area contributed by atoms with E-state index in [1.54, 1.807) is 16.8 Å². The molecule has 0 atom stereocenters. The lowest BCUT2D eigenvalue weighted by Gasteiger charge is -2.21. The number of aromatic nitrogens is 3. The Morgan fingerprint density at radius 1 is 1.32 bits per heavy atom. The second kappa shape index (κ2) is 6.44. The fraction of sp³-hybridized carbons (Fsp3) is 0.368. The molecule has 4 rings (SSSR count). The molecule has 1 aliphatic rings. The molecule has 1 fully saturated rings. The first-order chi connectivity index (χ1) is 12.1. The summed E-state index contributed by atoms with van der Waals surface area (Å²) in [5.74, 6) is 0.945. The van der Waals surface area contributed by atoms with Crippen LogP contribution in [0.3, 0.4) is 0 Å². The van der Waals surface area contributed by atoms with E-state index < -0.39 is 0 Å². The Morgan fingerprint density at radius 3 is 2.88 bits per heavy atom. The van der Waals surface area contributed by atoms with Gasteiger partial charge < -0.3 is 9.30 Å². The average molecular weight is 341 g/mol. The first-order valence-corrected chi connectivity index (χ1v) is 8.53. The molecule has 0 spiro atoms. The van der Waals surface area contributed by atoms with E-state index in [2.05, 4.69) is 4.98 Å². The largest absolute Gasteiger partial charge is 0.381 e. The zero-order valence-electron chi connectivity index (χ0n) is 14.1. The van der Waals surface area contributed by atoms with Crippen LogP contribution in [0.2, 0.25) is 0 Å². The minimum Gasteiger partial charge on any atom is -0.381 e. The van der Waals surface area contributed by atoms with Crippen LogP contribution in [-0.4, -0.2) is 27.2 Å². The fourth-order valence-corrected chi connectivity index (χ4v) is 3.50. The summed E-state index contributed by atoms with van der Waals surface area (Å²) in [6.45, 7) is 3.70. The molecule has 25 heavy (non-hydrogen) atoms. The highest BCUT2D eigenvalue weighted by atomic mass is 19.1. The molecule has 3 heterocycles. The second-order valence-electron chi connectivity index (χ2n) is 6.55. The molecule has 3 aromatic rings. The van der Waals surface area contributed by atoms with E-state index in [0.29, 0.717) is 18.0 Å². The lowest BCUT2D eigenvalue weighted by atomic mass is 10.00. The molecule has 130 valence electrons. The molecule has 0 bridgehead atoms. The van der Waals surface area contributed by atoms with Gasteiger partial charge in [-0.3, -0.25) is 9.20 Å². The van der Waals surface area contributed by atoms with Crippen LogP contribution >= 0.6 is 0 Å². The Kier molecular flexibility index (Phi) is 4.13. The minimum absolute atomic E-state index is 0.102. The van der Waals surface area contributed by atoms with Gasteiger partial charge in [0.25, 0.3) is 5.56 Å². The van der Waals surface area contributed by atoms with E-state index in [-0.39, 0.29) is 11.4 Å². The van der Waals surface area contributed by atoms with Crippen molar-refractivity contribution in [3.05, 3.63) is 69.9 Å². The van der Waals surface area contributed by atoms with Crippen LogP contribution < -0.4 is 5.56 Å². The topological polar surface area (TPSA) is 48.5 Å². The highest BCUT2D eigenvalue weighted by Gasteiger charge is 2.22. The van der Waals surface area contributed by atoms with Gasteiger partial charge in [-0.2, -0.15) is 0 Å². The molecule has 1 aromatic carbocycles. The van der Waals surface area contributed by atoms with Crippen molar-refractivity contribution in [2.45, 2.75) is 32.2 Å². The van der Waals surface area contributed by atoms with Crippen molar-refractivity contribution in [3.8, 4) is 0 Å². The molecule has 1 aliphatic heterocycles. The average Bonchev–Trinajstić information content (AvgIpc) is 3.03. The van der Waals surface area contributed by atoms with Crippen molar-refractivity contribution >= 4 is 5.52 Å². The van der Waals surface area contributed by atoms with Gasteiger partial charge in [-0.25, -0.2) is 9.37 Å². The van der Waals surface area contributed by atoms with E-state index >= 15 is 0 Å². The van der Waals surface area contributed by atoms with Gasteiger partial charge in [0.05, 0.1) is 12.7 Å². The van der Waals surface area contributed by atoms with Crippen molar-refractivity contribution in [2.75, 3.05) is 13.2 Å². The third kappa shape index (κ3) is 2.98. The van der Waals surface area contributed by atoms with Crippen molar-refractivity contribution in [3.63, 3.8) is 0 Å². The number of aryl methyl sites for hydroxylation is 1. The van der Waals surface area contributed by atoms with E-state index in [1.807, 2.05) is 23.6 Å². The Balaban J connectivity index is 1.76. The zero-order chi connectivity index (χ0) is 17.4. The third-order valence-electron chi connectivity index (χ3n) is 4.85. The van der Waals surface area contributed by atoms with Crippen LogP contribution in [0.25, 0.3) is 5.52 Å². The third-order valence-corrected chi connectivity index (χ3v) is 4.85.